The number of halogens is 17. The molecule has 0 saturated carbocycles. The molecule has 0 aliphatic heterocycles. The second-order valence-corrected chi connectivity index (χ2v) is 5.43. The van der Waals surface area contributed by atoms with Gasteiger partial charge in [-0.25, -0.2) is 26.7 Å². The van der Waals surface area contributed by atoms with Gasteiger partial charge in [0, 0.05) is 0 Å². The molecule has 1 N–H and O–H groups in total. The van der Waals surface area contributed by atoms with E-state index in [1.165, 1.54) is 0 Å². The summed E-state index contributed by atoms with van der Waals surface area (Å²) in [6.45, 7) is 0. The van der Waals surface area contributed by atoms with Crippen molar-refractivity contribution in [1.29, 1.82) is 0 Å². The van der Waals surface area contributed by atoms with Gasteiger partial charge in [0.1, 0.15) is 0 Å². The first-order chi connectivity index (χ1) is 12.9. The fourth-order valence-electron chi connectivity index (χ4n) is 1.61. The highest BCUT2D eigenvalue weighted by molar-refractivity contribution is 5.77. The molecule has 30 heavy (non-hydrogen) atoms. The van der Waals surface area contributed by atoms with Crippen LogP contribution in [0.25, 0.3) is 0 Å². The summed E-state index contributed by atoms with van der Waals surface area (Å²) in [5, 5.41) is 7.68. The van der Waals surface area contributed by atoms with E-state index in [9.17, 15) is 79.4 Å². The molecule has 3 unspecified atom stereocenters. The molecule has 0 heterocycles. The van der Waals surface area contributed by atoms with Crippen molar-refractivity contribution < 1.29 is 84.5 Å². The molecule has 0 aromatic carbocycles. The molecule has 3 atom stereocenters. The van der Waals surface area contributed by atoms with E-state index in [2.05, 4.69) is 0 Å². The zero-order chi connectivity index (χ0) is 24.9. The van der Waals surface area contributed by atoms with Crippen molar-refractivity contribution in [1.82, 2.24) is 0 Å². The number of aliphatic carboxylic acids is 1. The van der Waals surface area contributed by atoms with Crippen molar-refractivity contribution in [2.75, 3.05) is 0 Å². The Bertz CT molecular complexity index is 629. The molecule has 0 fully saturated rings. The minimum absolute atomic E-state index is 4.32. The molecule has 0 amide bonds. The second-order valence-electron chi connectivity index (χ2n) is 5.43. The summed E-state index contributed by atoms with van der Waals surface area (Å²) in [4.78, 5) is 9.86. The first-order valence-electron chi connectivity index (χ1n) is 6.58. The molecule has 0 spiro atoms. The Kier molecular flexibility index (Phi) is 7.31. The third-order valence-electron chi connectivity index (χ3n) is 3.44. The van der Waals surface area contributed by atoms with Crippen LogP contribution in [0.15, 0.2) is 0 Å². The average molecular weight is 492 g/mol. The predicted octanol–water partition coefficient (Wildman–Crippen LogP) is 5.16. The van der Waals surface area contributed by atoms with Crippen molar-refractivity contribution >= 4 is 5.97 Å². The van der Waals surface area contributed by atoms with Crippen LogP contribution < -0.4 is 0 Å². The van der Waals surface area contributed by atoms with Crippen LogP contribution >= 0.6 is 0 Å². The lowest BCUT2D eigenvalue weighted by Gasteiger charge is -2.41. The van der Waals surface area contributed by atoms with Crippen LogP contribution in [0.2, 0.25) is 0 Å². The highest BCUT2D eigenvalue weighted by atomic mass is 19.4. The molecular weight excluding hydrogens is 487 g/mol. The molecule has 180 valence electrons. The average Bonchev–Trinajstić information content (AvgIpc) is 2.58. The van der Waals surface area contributed by atoms with Crippen LogP contribution in [-0.2, 0) is 4.79 Å². The highest BCUT2D eigenvalue weighted by Gasteiger charge is 2.92. The monoisotopic (exact) mass is 492 g/mol. The summed E-state index contributed by atoms with van der Waals surface area (Å²) < 4.78 is 219. The second kappa shape index (κ2) is 7.76. The number of carboxylic acid groups (broad SMARTS) is 1. The van der Waals surface area contributed by atoms with Gasteiger partial charge in [0.05, 0.1) is 0 Å². The van der Waals surface area contributed by atoms with Gasteiger partial charge in [0.15, 0.2) is 12.3 Å². The molecule has 0 bridgehead atoms. The molecule has 0 radical (unpaired) electrons. The largest absolute Gasteiger partial charge is 0.477 e. The quantitative estimate of drug-likeness (QED) is 0.428. The van der Waals surface area contributed by atoms with Gasteiger partial charge < -0.3 is 5.11 Å². The van der Waals surface area contributed by atoms with Gasteiger partial charge in [-0.05, 0) is 0 Å². The van der Waals surface area contributed by atoms with E-state index in [0.717, 1.165) is 0 Å². The van der Waals surface area contributed by atoms with Gasteiger partial charge in [-0.15, -0.1) is 0 Å². The summed E-state index contributed by atoms with van der Waals surface area (Å²) in [6.07, 6.45) is -20.4. The van der Waals surface area contributed by atoms with E-state index in [-0.39, 0.29) is 0 Å². The van der Waals surface area contributed by atoms with Crippen molar-refractivity contribution in [3.63, 3.8) is 0 Å². The Balaban J connectivity index is 6.49. The number of hydrogen-bond donors (Lipinski definition) is 1. The van der Waals surface area contributed by atoms with E-state index in [1.54, 1.807) is 0 Å². The maximum absolute atomic E-state index is 13.2. The lowest BCUT2D eigenvalue weighted by atomic mass is 9.88. The predicted molar refractivity (Wildman–Crippen MR) is 58.0 cm³/mol. The fourth-order valence-corrected chi connectivity index (χ4v) is 1.61. The molecular formula is C11H5F17O2. The first-order valence-corrected chi connectivity index (χ1v) is 6.58. The fraction of sp³-hybridized carbons (Fsp3) is 0.909. The van der Waals surface area contributed by atoms with Crippen molar-refractivity contribution in [2.45, 2.75) is 60.5 Å². The van der Waals surface area contributed by atoms with Crippen molar-refractivity contribution in [3.8, 4) is 0 Å². The summed E-state index contributed by atoms with van der Waals surface area (Å²) in [6, 6.07) is 0. The standard InChI is InChI=1S/C11H5F17O2/c12-1(2(13)4(15)16)3(14)6(17,18)8(21,22)10(25,26)11(27,28)9(23,24)7(19,20)5(29)30/h1-4H,(H,29,30). The van der Waals surface area contributed by atoms with Crippen molar-refractivity contribution in [3.05, 3.63) is 0 Å². The maximum Gasteiger partial charge on any atom is 0.410 e. The van der Waals surface area contributed by atoms with Crippen LogP contribution in [0.5, 0.6) is 0 Å². The Hall–Kier alpha value is -1.72. The minimum Gasteiger partial charge on any atom is -0.477 e. The van der Waals surface area contributed by atoms with E-state index >= 15 is 0 Å². The molecule has 0 saturated heterocycles. The molecule has 0 rings (SSSR count). The molecule has 2 nitrogen and oxygen atoms in total. The summed E-state index contributed by atoms with van der Waals surface area (Å²) in [5.41, 5.74) is 0. The van der Waals surface area contributed by atoms with Gasteiger partial charge >= 0.3 is 41.5 Å². The normalized spacial score (nSPS) is 18.3. The molecule has 0 aliphatic carbocycles. The van der Waals surface area contributed by atoms with Crippen molar-refractivity contribution in [2.24, 2.45) is 0 Å². The molecule has 0 aliphatic rings. The SMILES string of the molecule is O=C(O)C(F)(F)C(F)(F)C(F)(F)C(F)(F)C(F)(F)C(F)(F)C(F)C(F)C(F)C(F)F. The van der Waals surface area contributed by atoms with Gasteiger partial charge in [-0.3, -0.25) is 0 Å². The molecule has 19 heteroatoms. The number of alkyl halides is 17. The van der Waals surface area contributed by atoms with Crippen LogP contribution in [0, 0.1) is 0 Å². The molecule has 0 aromatic rings. The van der Waals surface area contributed by atoms with E-state index in [0.29, 0.717) is 0 Å². The zero-order valence-electron chi connectivity index (χ0n) is 13.1. The van der Waals surface area contributed by atoms with E-state index < -0.39 is 66.4 Å². The summed E-state index contributed by atoms with van der Waals surface area (Å²) in [7, 11) is 0. The highest BCUT2D eigenvalue weighted by Crippen LogP contribution is 2.61. The number of carbonyl (C=O) groups is 1. The smallest absolute Gasteiger partial charge is 0.410 e. The zero-order valence-corrected chi connectivity index (χ0v) is 13.1. The summed E-state index contributed by atoms with van der Waals surface area (Å²) >= 11 is 0. The first kappa shape index (κ1) is 28.3. The summed E-state index contributed by atoms with van der Waals surface area (Å²) in [5.74, 6) is -52.5. The third-order valence-corrected chi connectivity index (χ3v) is 3.44. The lowest BCUT2D eigenvalue weighted by molar-refractivity contribution is -0.427. The number of hydrogen-bond acceptors (Lipinski definition) is 1. The van der Waals surface area contributed by atoms with Crippen LogP contribution in [-0.4, -0.2) is 71.6 Å². The van der Waals surface area contributed by atoms with E-state index in [1.807, 2.05) is 0 Å². The third kappa shape index (κ3) is 3.71. The number of carboxylic acids is 1. The Morgan fingerprint density at radius 2 is 0.900 bits per heavy atom. The van der Waals surface area contributed by atoms with Gasteiger partial charge in [0.25, 0.3) is 6.43 Å². The molecule has 0 aromatic heterocycles. The van der Waals surface area contributed by atoms with E-state index in [4.69, 9.17) is 5.11 Å². The van der Waals surface area contributed by atoms with Gasteiger partial charge in [-0.1, -0.05) is 0 Å². The Morgan fingerprint density at radius 1 is 0.567 bits per heavy atom. The maximum atomic E-state index is 13.2. The lowest BCUT2D eigenvalue weighted by Crippen LogP contribution is -2.73. The van der Waals surface area contributed by atoms with Crippen LogP contribution in [0.1, 0.15) is 0 Å². The topological polar surface area (TPSA) is 37.3 Å². The van der Waals surface area contributed by atoms with Gasteiger partial charge in [0.2, 0.25) is 6.17 Å². The minimum atomic E-state index is -8.48. The van der Waals surface area contributed by atoms with Crippen LogP contribution in [0.3, 0.4) is 0 Å². The Labute approximate surface area is 152 Å². The van der Waals surface area contributed by atoms with Crippen LogP contribution in [0.4, 0.5) is 74.6 Å². The Morgan fingerprint density at radius 3 is 1.20 bits per heavy atom. The van der Waals surface area contributed by atoms with Gasteiger partial charge in [-0.2, -0.15) is 52.7 Å². The number of rotatable bonds is 10.